The van der Waals surface area contributed by atoms with Gasteiger partial charge in [0, 0.05) is 5.56 Å². The summed E-state index contributed by atoms with van der Waals surface area (Å²) in [4.78, 5) is 17.5. The fourth-order valence-electron chi connectivity index (χ4n) is 1.31. The van der Waals surface area contributed by atoms with Crippen LogP contribution >= 0.6 is 0 Å². The van der Waals surface area contributed by atoms with Crippen LogP contribution in [0.25, 0.3) is 11.4 Å². The van der Waals surface area contributed by atoms with Crippen LogP contribution in [0, 0.1) is 0 Å². The fourth-order valence-corrected chi connectivity index (χ4v) is 1.31. The number of aromatic nitrogens is 2. The number of hydrogen-bond donors (Lipinski definition) is 1. The van der Waals surface area contributed by atoms with E-state index >= 15 is 0 Å². The first-order valence-corrected chi connectivity index (χ1v) is 4.48. The Kier molecular flexibility index (Phi) is 2.49. The Morgan fingerprint density at radius 2 is 2.33 bits per heavy atom. The van der Waals surface area contributed by atoms with Gasteiger partial charge in [0.2, 0.25) is 0 Å². The highest BCUT2D eigenvalue weighted by Gasteiger charge is 2.03. The predicted molar refractivity (Wildman–Crippen MR) is 56.0 cm³/mol. The number of carbonyl (C=O) groups excluding carboxylic acids is 1. The van der Waals surface area contributed by atoms with Gasteiger partial charge >= 0.3 is 0 Å². The number of benzene rings is 1. The predicted octanol–water partition coefficient (Wildman–Crippen LogP) is 1.90. The van der Waals surface area contributed by atoms with E-state index in [0.29, 0.717) is 11.5 Å². The van der Waals surface area contributed by atoms with Gasteiger partial charge in [-0.05, 0) is 12.1 Å². The smallest absolute Gasteiger partial charge is 0.167 e. The molecule has 0 spiro atoms. The maximum atomic E-state index is 10.5. The van der Waals surface area contributed by atoms with Crippen LogP contribution in [0.15, 0.2) is 30.5 Å². The number of rotatable bonds is 3. The van der Waals surface area contributed by atoms with E-state index < -0.39 is 0 Å². The van der Waals surface area contributed by atoms with Gasteiger partial charge in [-0.15, -0.1) is 0 Å². The Balaban J connectivity index is 2.39. The molecule has 0 bridgehead atoms. The topological polar surface area (TPSA) is 55.0 Å². The van der Waals surface area contributed by atoms with Gasteiger partial charge in [-0.25, -0.2) is 4.98 Å². The first-order chi connectivity index (χ1) is 7.33. The van der Waals surface area contributed by atoms with Gasteiger partial charge in [-0.2, -0.15) is 0 Å². The standard InChI is InChI=1S/C11H10N2O2/c1-15-10-4-2-3-8(5-10)11-12-6-9(7-14)13-11/h2-7H,1H3,(H,12,13). The summed E-state index contributed by atoms with van der Waals surface area (Å²) in [5.74, 6) is 1.42. The summed E-state index contributed by atoms with van der Waals surface area (Å²) < 4.78 is 5.10. The second-order valence-corrected chi connectivity index (χ2v) is 3.04. The Morgan fingerprint density at radius 3 is 3.00 bits per heavy atom. The molecule has 1 N–H and O–H groups in total. The third kappa shape index (κ3) is 1.88. The van der Waals surface area contributed by atoms with E-state index in [4.69, 9.17) is 4.74 Å². The van der Waals surface area contributed by atoms with Gasteiger partial charge in [0.15, 0.2) is 6.29 Å². The summed E-state index contributed by atoms with van der Waals surface area (Å²) in [6.45, 7) is 0. The maximum Gasteiger partial charge on any atom is 0.167 e. The van der Waals surface area contributed by atoms with Gasteiger partial charge < -0.3 is 9.72 Å². The molecule has 0 saturated heterocycles. The molecule has 76 valence electrons. The van der Waals surface area contributed by atoms with Crippen LogP contribution in [0.5, 0.6) is 5.75 Å². The lowest BCUT2D eigenvalue weighted by atomic mass is 10.2. The molecule has 0 saturated carbocycles. The third-order valence-electron chi connectivity index (χ3n) is 2.07. The Bertz CT molecular complexity index is 477. The molecule has 4 heteroatoms. The zero-order valence-electron chi connectivity index (χ0n) is 8.23. The number of carbonyl (C=O) groups is 1. The molecule has 1 aromatic heterocycles. The molecule has 2 aromatic rings. The number of aromatic amines is 1. The monoisotopic (exact) mass is 202 g/mol. The lowest BCUT2D eigenvalue weighted by molar-refractivity contribution is 0.111. The lowest BCUT2D eigenvalue weighted by Crippen LogP contribution is -1.85. The van der Waals surface area contributed by atoms with Crippen LogP contribution in [0.2, 0.25) is 0 Å². The van der Waals surface area contributed by atoms with E-state index in [1.807, 2.05) is 24.3 Å². The molecule has 0 aliphatic rings. The van der Waals surface area contributed by atoms with Crippen LogP contribution in [0.4, 0.5) is 0 Å². The summed E-state index contributed by atoms with van der Waals surface area (Å²) in [5, 5.41) is 0. The van der Waals surface area contributed by atoms with Gasteiger partial charge in [0.25, 0.3) is 0 Å². The molecule has 0 aliphatic heterocycles. The Hall–Kier alpha value is -2.10. The number of ether oxygens (including phenoxy) is 1. The summed E-state index contributed by atoms with van der Waals surface area (Å²) in [6, 6.07) is 7.48. The van der Waals surface area contributed by atoms with Crippen molar-refractivity contribution in [3.63, 3.8) is 0 Å². The van der Waals surface area contributed by atoms with Crippen molar-refractivity contribution in [2.75, 3.05) is 7.11 Å². The number of nitrogens with zero attached hydrogens (tertiary/aromatic N) is 1. The Labute approximate surface area is 86.9 Å². The summed E-state index contributed by atoms with van der Waals surface area (Å²) >= 11 is 0. The van der Waals surface area contributed by atoms with Gasteiger partial charge in [0.1, 0.15) is 11.6 Å². The number of aldehydes is 1. The highest BCUT2D eigenvalue weighted by molar-refractivity contribution is 5.73. The number of nitrogens with one attached hydrogen (secondary N) is 1. The third-order valence-corrected chi connectivity index (χ3v) is 2.07. The molecule has 0 unspecified atom stereocenters. The second-order valence-electron chi connectivity index (χ2n) is 3.04. The molecule has 2 rings (SSSR count). The van der Waals surface area contributed by atoms with Crippen LogP contribution in [0.3, 0.4) is 0 Å². The normalized spacial score (nSPS) is 9.93. The van der Waals surface area contributed by atoms with Crippen molar-refractivity contribution in [3.05, 3.63) is 36.2 Å². The van der Waals surface area contributed by atoms with E-state index in [1.54, 1.807) is 7.11 Å². The molecule has 4 nitrogen and oxygen atoms in total. The van der Waals surface area contributed by atoms with Crippen molar-refractivity contribution in [2.24, 2.45) is 0 Å². The van der Waals surface area contributed by atoms with E-state index in [2.05, 4.69) is 9.97 Å². The molecule has 0 amide bonds. The summed E-state index contributed by atoms with van der Waals surface area (Å²) in [5.41, 5.74) is 1.36. The minimum absolute atomic E-state index is 0.466. The van der Waals surface area contributed by atoms with Gasteiger partial charge in [-0.3, -0.25) is 4.79 Å². The first-order valence-electron chi connectivity index (χ1n) is 4.48. The van der Waals surface area contributed by atoms with E-state index in [9.17, 15) is 4.79 Å². The van der Waals surface area contributed by atoms with Crippen molar-refractivity contribution in [1.82, 2.24) is 9.97 Å². The average molecular weight is 202 g/mol. The fraction of sp³-hybridized carbons (Fsp3) is 0.0909. The summed E-state index contributed by atoms with van der Waals surface area (Å²) in [6.07, 6.45) is 2.23. The zero-order chi connectivity index (χ0) is 10.7. The van der Waals surface area contributed by atoms with Gasteiger partial charge in [0.05, 0.1) is 19.0 Å². The molecule has 0 radical (unpaired) electrons. The van der Waals surface area contributed by atoms with Crippen molar-refractivity contribution in [2.45, 2.75) is 0 Å². The van der Waals surface area contributed by atoms with Crippen molar-refractivity contribution >= 4 is 6.29 Å². The molecule has 0 atom stereocenters. The molecule has 1 heterocycles. The maximum absolute atomic E-state index is 10.5. The van der Waals surface area contributed by atoms with Gasteiger partial charge in [-0.1, -0.05) is 12.1 Å². The molecule has 1 aromatic carbocycles. The first kappa shape index (κ1) is 9.45. The van der Waals surface area contributed by atoms with E-state index in [1.165, 1.54) is 6.20 Å². The number of methoxy groups -OCH3 is 1. The molecule has 15 heavy (non-hydrogen) atoms. The number of hydrogen-bond acceptors (Lipinski definition) is 3. The van der Waals surface area contributed by atoms with Crippen LogP contribution < -0.4 is 4.74 Å². The second kappa shape index (κ2) is 3.96. The molecule has 0 aliphatic carbocycles. The average Bonchev–Trinajstić information content (AvgIpc) is 2.78. The van der Waals surface area contributed by atoms with E-state index in [-0.39, 0.29) is 0 Å². The quantitative estimate of drug-likeness (QED) is 0.773. The molecule has 0 fully saturated rings. The van der Waals surface area contributed by atoms with Crippen molar-refractivity contribution in [3.8, 4) is 17.1 Å². The largest absolute Gasteiger partial charge is 0.497 e. The SMILES string of the molecule is COc1cccc(-c2ncc(C=O)[nH]2)c1. The summed E-state index contributed by atoms with van der Waals surface area (Å²) in [7, 11) is 1.61. The minimum Gasteiger partial charge on any atom is -0.497 e. The molecular weight excluding hydrogens is 192 g/mol. The minimum atomic E-state index is 0.466. The zero-order valence-corrected chi connectivity index (χ0v) is 8.23. The van der Waals surface area contributed by atoms with E-state index in [0.717, 1.165) is 17.6 Å². The van der Waals surface area contributed by atoms with Crippen LogP contribution in [-0.2, 0) is 0 Å². The van der Waals surface area contributed by atoms with Crippen LogP contribution in [-0.4, -0.2) is 23.4 Å². The number of H-pyrrole nitrogens is 1. The number of imidazole rings is 1. The van der Waals surface area contributed by atoms with Crippen LogP contribution in [0.1, 0.15) is 10.5 Å². The highest BCUT2D eigenvalue weighted by Crippen LogP contribution is 2.20. The van der Waals surface area contributed by atoms with Crippen molar-refractivity contribution in [1.29, 1.82) is 0 Å². The Morgan fingerprint density at radius 1 is 1.47 bits per heavy atom. The lowest BCUT2D eigenvalue weighted by Gasteiger charge is -2.01. The molecular formula is C11H10N2O2. The van der Waals surface area contributed by atoms with Crippen molar-refractivity contribution < 1.29 is 9.53 Å². The highest BCUT2D eigenvalue weighted by atomic mass is 16.5.